The zero-order chi connectivity index (χ0) is 14.7. The predicted molar refractivity (Wildman–Crippen MR) is 74.9 cm³/mol. The number of hydrogen-bond donors (Lipinski definition) is 1. The third-order valence-corrected chi connectivity index (χ3v) is 3.20. The minimum absolute atomic E-state index is 0.0170. The normalized spacial score (nSPS) is 10.8. The van der Waals surface area contributed by atoms with Crippen LogP contribution in [0.3, 0.4) is 0 Å². The number of aliphatic hydroxyl groups excluding tert-OH is 1. The fourth-order valence-electron chi connectivity index (χ4n) is 2.09. The van der Waals surface area contributed by atoms with Gasteiger partial charge in [-0.25, -0.2) is 4.98 Å². The van der Waals surface area contributed by atoms with Crippen LogP contribution < -0.4 is 5.56 Å². The van der Waals surface area contributed by atoms with Crippen LogP contribution in [0.5, 0.6) is 0 Å². The lowest BCUT2D eigenvalue weighted by Crippen LogP contribution is -2.37. The standard InChI is InChI=1S/C14H17N3O3/c1-3-16(7-8-18)13(19)11-9-15-12-10(2)5-4-6-17(12)14(11)20/h4-6,9,18H,3,7-8H2,1-2H3. The Hall–Kier alpha value is -2.21. The number of carbonyl (C=O) groups excluding carboxylic acids is 1. The zero-order valence-electron chi connectivity index (χ0n) is 11.5. The molecular formula is C14H17N3O3. The van der Waals surface area contributed by atoms with Crippen LogP contribution in [-0.4, -0.2) is 45.0 Å². The van der Waals surface area contributed by atoms with Crippen molar-refractivity contribution in [3.63, 3.8) is 0 Å². The van der Waals surface area contributed by atoms with E-state index in [-0.39, 0.29) is 24.3 Å². The number of aryl methyl sites for hydroxylation is 1. The summed E-state index contributed by atoms with van der Waals surface area (Å²) in [6.45, 7) is 4.14. The van der Waals surface area contributed by atoms with Crippen molar-refractivity contribution in [3.05, 3.63) is 46.0 Å². The number of carbonyl (C=O) groups is 1. The van der Waals surface area contributed by atoms with Crippen LogP contribution >= 0.6 is 0 Å². The molecule has 0 spiro atoms. The number of fused-ring (bicyclic) bond motifs is 1. The summed E-state index contributed by atoms with van der Waals surface area (Å²) < 4.78 is 1.37. The minimum Gasteiger partial charge on any atom is -0.395 e. The minimum atomic E-state index is -0.407. The summed E-state index contributed by atoms with van der Waals surface area (Å²) >= 11 is 0. The van der Waals surface area contributed by atoms with Gasteiger partial charge in [0.15, 0.2) is 0 Å². The van der Waals surface area contributed by atoms with E-state index in [1.54, 1.807) is 19.2 Å². The molecule has 0 saturated heterocycles. The molecule has 0 aliphatic carbocycles. The highest BCUT2D eigenvalue weighted by molar-refractivity contribution is 5.93. The summed E-state index contributed by atoms with van der Waals surface area (Å²) in [6, 6.07) is 3.60. The molecule has 0 unspecified atom stereocenters. The van der Waals surface area contributed by atoms with E-state index in [2.05, 4.69) is 4.98 Å². The summed E-state index contributed by atoms with van der Waals surface area (Å²) in [6.07, 6.45) is 2.91. The van der Waals surface area contributed by atoms with Gasteiger partial charge in [0.1, 0.15) is 11.2 Å². The van der Waals surface area contributed by atoms with Crippen LogP contribution in [0, 0.1) is 6.92 Å². The second-order valence-corrected chi connectivity index (χ2v) is 4.47. The highest BCUT2D eigenvalue weighted by atomic mass is 16.3. The maximum Gasteiger partial charge on any atom is 0.270 e. The zero-order valence-corrected chi connectivity index (χ0v) is 11.5. The molecule has 1 N–H and O–H groups in total. The topological polar surface area (TPSA) is 74.9 Å². The van der Waals surface area contributed by atoms with Crippen molar-refractivity contribution in [2.75, 3.05) is 19.7 Å². The van der Waals surface area contributed by atoms with Crippen molar-refractivity contribution in [2.45, 2.75) is 13.8 Å². The van der Waals surface area contributed by atoms with Crippen molar-refractivity contribution in [3.8, 4) is 0 Å². The second kappa shape index (κ2) is 5.83. The van der Waals surface area contributed by atoms with Gasteiger partial charge in [0, 0.05) is 25.5 Å². The molecule has 2 aromatic heterocycles. The van der Waals surface area contributed by atoms with Crippen LogP contribution in [0.1, 0.15) is 22.8 Å². The smallest absolute Gasteiger partial charge is 0.270 e. The fraction of sp³-hybridized carbons (Fsp3) is 0.357. The Labute approximate surface area is 116 Å². The number of amides is 1. The molecule has 0 saturated carbocycles. The molecule has 0 aliphatic rings. The van der Waals surface area contributed by atoms with Crippen molar-refractivity contribution in [1.29, 1.82) is 0 Å². The first-order valence-electron chi connectivity index (χ1n) is 6.47. The Morgan fingerprint density at radius 2 is 2.25 bits per heavy atom. The highest BCUT2D eigenvalue weighted by Crippen LogP contribution is 2.06. The summed E-state index contributed by atoms with van der Waals surface area (Å²) in [7, 11) is 0. The van der Waals surface area contributed by atoms with Gasteiger partial charge in [-0.05, 0) is 25.5 Å². The number of likely N-dealkylation sites (N-methyl/N-ethyl adjacent to an activating group) is 1. The van der Waals surface area contributed by atoms with E-state index >= 15 is 0 Å². The van der Waals surface area contributed by atoms with E-state index in [9.17, 15) is 9.59 Å². The lowest BCUT2D eigenvalue weighted by atomic mass is 10.2. The largest absolute Gasteiger partial charge is 0.395 e. The molecule has 6 heteroatoms. The average molecular weight is 275 g/mol. The molecule has 0 atom stereocenters. The number of nitrogens with zero attached hydrogens (tertiary/aromatic N) is 3. The molecule has 6 nitrogen and oxygen atoms in total. The SMILES string of the molecule is CCN(CCO)C(=O)c1cnc2c(C)cccn2c1=O. The van der Waals surface area contributed by atoms with Gasteiger partial charge in [0.2, 0.25) is 0 Å². The van der Waals surface area contributed by atoms with E-state index in [1.165, 1.54) is 15.5 Å². The first kappa shape index (κ1) is 14.2. The first-order chi connectivity index (χ1) is 9.60. The summed E-state index contributed by atoms with van der Waals surface area (Å²) in [5.41, 5.74) is 1.04. The van der Waals surface area contributed by atoms with Gasteiger partial charge in [-0.3, -0.25) is 14.0 Å². The number of pyridine rings is 1. The van der Waals surface area contributed by atoms with Crippen LogP contribution in [0.4, 0.5) is 0 Å². The van der Waals surface area contributed by atoms with Gasteiger partial charge in [0.25, 0.3) is 11.5 Å². The van der Waals surface area contributed by atoms with Gasteiger partial charge in [-0.15, -0.1) is 0 Å². The monoisotopic (exact) mass is 275 g/mol. The summed E-state index contributed by atoms with van der Waals surface area (Å²) in [5, 5.41) is 8.95. The lowest BCUT2D eigenvalue weighted by molar-refractivity contribution is 0.0729. The summed E-state index contributed by atoms with van der Waals surface area (Å²) in [4.78, 5) is 30.2. The van der Waals surface area contributed by atoms with E-state index in [0.717, 1.165) is 5.56 Å². The quantitative estimate of drug-likeness (QED) is 0.879. The second-order valence-electron chi connectivity index (χ2n) is 4.47. The van der Waals surface area contributed by atoms with E-state index in [4.69, 9.17) is 5.11 Å². The lowest BCUT2D eigenvalue weighted by Gasteiger charge is -2.19. The molecule has 2 rings (SSSR count). The maximum absolute atomic E-state index is 12.4. The molecule has 106 valence electrons. The number of hydrogen-bond acceptors (Lipinski definition) is 4. The van der Waals surface area contributed by atoms with Crippen molar-refractivity contribution in [2.24, 2.45) is 0 Å². The number of aliphatic hydroxyl groups is 1. The Bertz CT molecular complexity index is 694. The van der Waals surface area contributed by atoms with Gasteiger partial charge in [-0.1, -0.05) is 6.07 Å². The molecule has 0 bridgehead atoms. The fourth-order valence-corrected chi connectivity index (χ4v) is 2.09. The Balaban J connectivity index is 2.54. The highest BCUT2D eigenvalue weighted by Gasteiger charge is 2.18. The molecule has 0 aliphatic heterocycles. The molecule has 2 aromatic rings. The van der Waals surface area contributed by atoms with Gasteiger partial charge in [0.05, 0.1) is 6.61 Å². The predicted octanol–water partition coefficient (Wildman–Crippen LogP) is 0.457. The van der Waals surface area contributed by atoms with Crippen molar-refractivity contribution in [1.82, 2.24) is 14.3 Å². The van der Waals surface area contributed by atoms with E-state index in [1.807, 2.05) is 13.0 Å². The third kappa shape index (κ3) is 2.42. The Kier molecular flexibility index (Phi) is 4.14. The van der Waals surface area contributed by atoms with Crippen LogP contribution in [0.25, 0.3) is 5.65 Å². The van der Waals surface area contributed by atoms with Crippen molar-refractivity contribution >= 4 is 11.6 Å². The number of rotatable bonds is 4. The summed E-state index contributed by atoms with van der Waals surface area (Å²) in [5.74, 6) is -0.407. The van der Waals surface area contributed by atoms with Gasteiger partial charge in [-0.2, -0.15) is 0 Å². The average Bonchev–Trinajstić information content (AvgIpc) is 2.45. The molecule has 20 heavy (non-hydrogen) atoms. The molecule has 1 amide bonds. The van der Waals surface area contributed by atoms with Crippen molar-refractivity contribution < 1.29 is 9.90 Å². The Morgan fingerprint density at radius 1 is 1.50 bits per heavy atom. The molecule has 0 fully saturated rings. The van der Waals surface area contributed by atoms with Gasteiger partial charge >= 0.3 is 0 Å². The van der Waals surface area contributed by atoms with Crippen LogP contribution in [0.15, 0.2) is 29.3 Å². The molecule has 0 aromatic carbocycles. The van der Waals surface area contributed by atoms with E-state index in [0.29, 0.717) is 12.2 Å². The third-order valence-electron chi connectivity index (χ3n) is 3.20. The molecular weight excluding hydrogens is 258 g/mol. The molecule has 2 heterocycles. The molecule has 0 radical (unpaired) electrons. The van der Waals surface area contributed by atoms with Crippen LogP contribution in [0.2, 0.25) is 0 Å². The Morgan fingerprint density at radius 3 is 2.90 bits per heavy atom. The first-order valence-corrected chi connectivity index (χ1v) is 6.47. The maximum atomic E-state index is 12.4. The number of aromatic nitrogens is 2. The van der Waals surface area contributed by atoms with Gasteiger partial charge < -0.3 is 10.0 Å². The van der Waals surface area contributed by atoms with Crippen LogP contribution in [-0.2, 0) is 0 Å². The van der Waals surface area contributed by atoms with E-state index < -0.39 is 5.91 Å².